The van der Waals surface area contributed by atoms with Crippen LogP contribution in [0.2, 0.25) is 0 Å². The largest absolute Gasteiger partial charge is 0.354 e. The molecule has 0 unspecified atom stereocenters. The number of carbonyl (C=O) groups is 1. The van der Waals surface area contributed by atoms with Crippen molar-refractivity contribution < 1.29 is 4.79 Å². The number of pyridine rings is 1. The Balaban J connectivity index is 2.70. The van der Waals surface area contributed by atoms with Gasteiger partial charge in [-0.05, 0) is 18.6 Å². The molecule has 4 heteroatoms. The molecule has 2 aromatic rings. The van der Waals surface area contributed by atoms with Crippen molar-refractivity contribution in [2.45, 2.75) is 6.92 Å². The third-order valence-corrected chi connectivity index (χ3v) is 2.19. The summed E-state index contributed by atoms with van der Waals surface area (Å²) >= 11 is 0. The van der Waals surface area contributed by atoms with Gasteiger partial charge in [-0.1, -0.05) is 6.07 Å². The van der Waals surface area contributed by atoms with Gasteiger partial charge in [-0.2, -0.15) is 0 Å². The summed E-state index contributed by atoms with van der Waals surface area (Å²) < 4.78 is 1.79. The van der Waals surface area contributed by atoms with E-state index in [9.17, 15) is 4.79 Å². The average Bonchev–Trinajstić information content (AvgIpc) is 2.62. The van der Waals surface area contributed by atoms with E-state index in [0.717, 1.165) is 11.2 Å². The van der Waals surface area contributed by atoms with Gasteiger partial charge in [0.2, 0.25) is 0 Å². The van der Waals surface area contributed by atoms with E-state index in [0.29, 0.717) is 5.69 Å². The maximum Gasteiger partial charge on any atom is 0.269 e. The lowest BCUT2D eigenvalue weighted by Crippen LogP contribution is -2.19. The first-order chi connectivity index (χ1) is 6.74. The minimum Gasteiger partial charge on any atom is -0.354 e. The molecule has 1 N–H and O–H groups in total. The van der Waals surface area contributed by atoms with Gasteiger partial charge in [-0.3, -0.25) is 9.20 Å². The van der Waals surface area contributed by atoms with Crippen molar-refractivity contribution in [3.8, 4) is 0 Å². The third-order valence-electron chi connectivity index (χ3n) is 2.19. The van der Waals surface area contributed by atoms with Crippen molar-refractivity contribution in [3.63, 3.8) is 0 Å². The highest BCUT2D eigenvalue weighted by atomic mass is 16.1. The summed E-state index contributed by atoms with van der Waals surface area (Å²) in [6.45, 7) is 1.97. The Labute approximate surface area is 81.6 Å². The first-order valence-corrected chi connectivity index (χ1v) is 4.39. The van der Waals surface area contributed by atoms with Crippen LogP contribution >= 0.6 is 0 Å². The molecular weight excluding hydrogens is 178 g/mol. The van der Waals surface area contributed by atoms with Gasteiger partial charge < -0.3 is 5.32 Å². The molecule has 14 heavy (non-hydrogen) atoms. The van der Waals surface area contributed by atoms with Crippen molar-refractivity contribution in [3.05, 3.63) is 35.8 Å². The number of fused-ring (bicyclic) bond motifs is 1. The van der Waals surface area contributed by atoms with E-state index in [1.165, 1.54) is 0 Å². The molecule has 0 saturated heterocycles. The van der Waals surface area contributed by atoms with Crippen molar-refractivity contribution in [2.24, 2.45) is 0 Å². The number of rotatable bonds is 1. The lowest BCUT2D eigenvalue weighted by molar-refractivity contribution is 0.0957. The van der Waals surface area contributed by atoms with Gasteiger partial charge >= 0.3 is 0 Å². The van der Waals surface area contributed by atoms with E-state index < -0.39 is 0 Å². The minimum absolute atomic E-state index is 0.122. The second kappa shape index (κ2) is 3.14. The summed E-state index contributed by atoms with van der Waals surface area (Å²) in [5.74, 6) is -0.122. The number of hydrogen-bond donors (Lipinski definition) is 1. The number of amides is 1. The van der Waals surface area contributed by atoms with E-state index in [2.05, 4.69) is 10.3 Å². The van der Waals surface area contributed by atoms with Crippen LogP contribution in [-0.2, 0) is 0 Å². The minimum atomic E-state index is -0.122. The molecule has 2 rings (SSSR count). The van der Waals surface area contributed by atoms with Crippen molar-refractivity contribution in [1.82, 2.24) is 14.7 Å². The van der Waals surface area contributed by atoms with Gasteiger partial charge in [0.15, 0.2) is 0 Å². The molecule has 0 aliphatic heterocycles. The van der Waals surface area contributed by atoms with E-state index in [-0.39, 0.29) is 5.91 Å². The molecule has 0 aliphatic carbocycles. The topological polar surface area (TPSA) is 46.4 Å². The van der Waals surface area contributed by atoms with Gasteiger partial charge in [-0.25, -0.2) is 4.98 Å². The standard InChI is InChI=1S/C10H11N3O/c1-7-4-3-5-13-8(10(14)11-2)6-12-9(7)13/h3-6H,1-2H3,(H,11,14). The van der Waals surface area contributed by atoms with Crippen LogP contribution in [0.5, 0.6) is 0 Å². The summed E-state index contributed by atoms with van der Waals surface area (Å²) in [7, 11) is 1.61. The molecule has 2 aromatic heterocycles. The Bertz CT molecular complexity index is 487. The summed E-state index contributed by atoms with van der Waals surface area (Å²) in [5, 5.41) is 2.58. The first kappa shape index (κ1) is 8.74. The van der Waals surface area contributed by atoms with Crippen LogP contribution in [0.4, 0.5) is 0 Å². The molecule has 4 nitrogen and oxygen atoms in total. The van der Waals surface area contributed by atoms with E-state index in [1.54, 1.807) is 17.6 Å². The molecular formula is C10H11N3O. The second-order valence-electron chi connectivity index (χ2n) is 3.11. The smallest absolute Gasteiger partial charge is 0.269 e. The molecule has 72 valence electrons. The van der Waals surface area contributed by atoms with Crippen LogP contribution in [0.15, 0.2) is 24.5 Å². The molecule has 0 atom stereocenters. The van der Waals surface area contributed by atoms with Crippen LogP contribution in [0.3, 0.4) is 0 Å². The van der Waals surface area contributed by atoms with Gasteiger partial charge in [0.05, 0.1) is 6.20 Å². The molecule has 2 heterocycles. The predicted octanol–water partition coefficient (Wildman–Crippen LogP) is 1.00. The van der Waals surface area contributed by atoms with Gasteiger partial charge in [0, 0.05) is 13.2 Å². The Kier molecular flexibility index (Phi) is 1.96. The normalized spacial score (nSPS) is 10.4. The Morgan fingerprint density at radius 2 is 2.36 bits per heavy atom. The molecule has 0 aliphatic rings. The zero-order valence-electron chi connectivity index (χ0n) is 8.11. The third kappa shape index (κ3) is 1.16. The van der Waals surface area contributed by atoms with Crippen LogP contribution in [0.25, 0.3) is 5.65 Å². The number of aryl methyl sites for hydroxylation is 1. The van der Waals surface area contributed by atoms with Gasteiger partial charge in [0.1, 0.15) is 11.3 Å². The quantitative estimate of drug-likeness (QED) is 0.727. The van der Waals surface area contributed by atoms with Crippen molar-refractivity contribution in [1.29, 1.82) is 0 Å². The second-order valence-corrected chi connectivity index (χ2v) is 3.11. The molecule has 0 fully saturated rings. The number of aromatic nitrogens is 2. The van der Waals surface area contributed by atoms with Crippen molar-refractivity contribution in [2.75, 3.05) is 7.05 Å². The lowest BCUT2D eigenvalue weighted by Gasteiger charge is -2.00. The summed E-state index contributed by atoms with van der Waals surface area (Å²) in [6, 6.07) is 3.87. The summed E-state index contributed by atoms with van der Waals surface area (Å²) in [5.41, 5.74) is 2.44. The van der Waals surface area contributed by atoms with E-state index in [4.69, 9.17) is 0 Å². The molecule has 0 spiro atoms. The number of hydrogen-bond acceptors (Lipinski definition) is 2. The van der Waals surface area contributed by atoms with Crippen LogP contribution in [0, 0.1) is 6.92 Å². The zero-order chi connectivity index (χ0) is 10.1. The molecule has 0 bridgehead atoms. The maximum absolute atomic E-state index is 11.4. The fourth-order valence-electron chi connectivity index (χ4n) is 1.45. The van der Waals surface area contributed by atoms with Gasteiger partial charge in [0.25, 0.3) is 5.91 Å². The maximum atomic E-state index is 11.4. The van der Waals surface area contributed by atoms with E-state index in [1.807, 2.05) is 25.3 Å². The van der Waals surface area contributed by atoms with E-state index >= 15 is 0 Å². The summed E-state index contributed by atoms with van der Waals surface area (Å²) in [6.07, 6.45) is 3.42. The Morgan fingerprint density at radius 1 is 1.57 bits per heavy atom. The highest BCUT2D eigenvalue weighted by molar-refractivity contribution is 5.93. The SMILES string of the molecule is CNC(=O)c1cnc2c(C)cccn12. The predicted molar refractivity (Wildman–Crippen MR) is 53.3 cm³/mol. The number of imidazole rings is 1. The Morgan fingerprint density at radius 3 is 3.07 bits per heavy atom. The van der Waals surface area contributed by atoms with Crippen LogP contribution in [0.1, 0.15) is 16.1 Å². The highest BCUT2D eigenvalue weighted by Gasteiger charge is 2.10. The molecule has 1 amide bonds. The number of nitrogens with zero attached hydrogens (tertiary/aromatic N) is 2. The zero-order valence-corrected chi connectivity index (χ0v) is 8.11. The number of carbonyl (C=O) groups excluding carboxylic acids is 1. The number of nitrogens with one attached hydrogen (secondary N) is 1. The lowest BCUT2D eigenvalue weighted by atomic mass is 10.3. The average molecular weight is 189 g/mol. The summed E-state index contributed by atoms with van der Waals surface area (Å²) in [4.78, 5) is 15.6. The van der Waals surface area contributed by atoms with Crippen molar-refractivity contribution >= 4 is 11.6 Å². The monoisotopic (exact) mass is 189 g/mol. The highest BCUT2D eigenvalue weighted by Crippen LogP contribution is 2.10. The molecule has 0 radical (unpaired) electrons. The van der Waals surface area contributed by atoms with Crippen LogP contribution < -0.4 is 5.32 Å². The molecule has 0 saturated carbocycles. The van der Waals surface area contributed by atoms with Crippen LogP contribution in [-0.4, -0.2) is 22.3 Å². The Hall–Kier alpha value is -1.84. The fourth-order valence-corrected chi connectivity index (χ4v) is 1.45. The van der Waals surface area contributed by atoms with Gasteiger partial charge in [-0.15, -0.1) is 0 Å². The first-order valence-electron chi connectivity index (χ1n) is 4.39. The molecule has 0 aromatic carbocycles. The fraction of sp³-hybridized carbons (Fsp3) is 0.200.